The highest BCUT2D eigenvalue weighted by Crippen LogP contribution is 2.28. The van der Waals surface area contributed by atoms with E-state index in [0.717, 1.165) is 38.2 Å². The Balaban J connectivity index is 2.03. The van der Waals surface area contributed by atoms with E-state index in [1.165, 1.54) is 18.6 Å². The zero-order chi connectivity index (χ0) is 13.0. The molecule has 100 valence electrons. The first kappa shape index (κ1) is 13.6. The van der Waals surface area contributed by atoms with Crippen molar-refractivity contribution in [3.63, 3.8) is 0 Å². The fourth-order valence-electron chi connectivity index (χ4n) is 2.45. The molecule has 0 spiro atoms. The molecular formula is C14H20ClFN2. The SMILES string of the molecule is CCCNC1CCCN(c2ccc(F)cc2Cl)C1. The van der Waals surface area contributed by atoms with E-state index >= 15 is 0 Å². The van der Waals surface area contributed by atoms with Gasteiger partial charge in [0, 0.05) is 19.1 Å². The molecule has 1 atom stereocenters. The minimum atomic E-state index is -0.276. The fourth-order valence-corrected chi connectivity index (χ4v) is 2.74. The summed E-state index contributed by atoms with van der Waals surface area (Å²) in [5.41, 5.74) is 0.945. The monoisotopic (exact) mass is 270 g/mol. The Kier molecular flexibility index (Phi) is 4.84. The molecule has 0 radical (unpaired) electrons. The Labute approximate surface area is 113 Å². The third-order valence-electron chi connectivity index (χ3n) is 3.35. The van der Waals surface area contributed by atoms with Gasteiger partial charge < -0.3 is 10.2 Å². The lowest BCUT2D eigenvalue weighted by Crippen LogP contribution is -2.46. The molecular weight excluding hydrogens is 251 g/mol. The maximum absolute atomic E-state index is 13.0. The Bertz CT molecular complexity index is 397. The Morgan fingerprint density at radius 1 is 1.50 bits per heavy atom. The molecule has 0 saturated carbocycles. The second-order valence-electron chi connectivity index (χ2n) is 4.84. The molecule has 4 heteroatoms. The van der Waals surface area contributed by atoms with Crippen molar-refractivity contribution >= 4 is 17.3 Å². The number of piperidine rings is 1. The number of nitrogens with one attached hydrogen (secondary N) is 1. The van der Waals surface area contributed by atoms with Crippen LogP contribution in [0.25, 0.3) is 0 Å². The van der Waals surface area contributed by atoms with Crippen molar-refractivity contribution in [2.75, 3.05) is 24.5 Å². The van der Waals surface area contributed by atoms with Crippen LogP contribution in [0.4, 0.5) is 10.1 Å². The fraction of sp³-hybridized carbons (Fsp3) is 0.571. The number of nitrogens with zero attached hydrogens (tertiary/aromatic N) is 1. The van der Waals surface area contributed by atoms with Crippen molar-refractivity contribution in [2.24, 2.45) is 0 Å². The molecule has 0 amide bonds. The van der Waals surface area contributed by atoms with Gasteiger partial charge in [-0.05, 0) is 44.0 Å². The summed E-state index contributed by atoms with van der Waals surface area (Å²) < 4.78 is 13.0. The van der Waals surface area contributed by atoms with E-state index in [2.05, 4.69) is 17.1 Å². The van der Waals surface area contributed by atoms with E-state index in [-0.39, 0.29) is 5.82 Å². The largest absolute Gasteiger partial charge is 0.369 e. The molecule has 1 aromatic carbocycles. The van der Waals surface area contributed by atoms with Crippen LogP contribution in [0.2, 0.25) is 5.02 Å². The maximum atomic E-state index is 13.0. The van der Waals surface area contributed by atoms with Gasteiger partial charge in [0.05, 0.1) is 10.7 Å². The smallest absolute Gasteiger partial charge is 0.124 e. The van der Waals surface area contributed by atoms with Crippen LogP contribution in [-0.2, 0) is 0 Å². The Morgan fingerprint density at radius 3 is 3.06 bits per heavy atom. The summed E-state index contributed by atoms with van der Waals surface area (Å²) in [6, 6.07) is 5.16. The van der Waals surface area contributed by atoms with Crippen molar-refractivity contribution in [1.82, 2.24) is 5.32 Å². The van der Waals surface area contributed by atoms with Crippen LogP contribution in [0, 0.1) is 5.82 Å². The molecule has 1 aromatic rings. The Hall–Kier alpha value is -0.800. The summed E-state index contributed by atoms with van der Waals surface area (Å²) in [4.78, 5) is 2.25. The second kappa shape index (κ2) is 6.39. The molecule has 0 aliphatic carbocycles. The maximum Gasteiger partial charge on any atom is 0.124 e. The second-order valence-corrected chi connectivity index (χ2v) is 5.24. The molecule has 1 aliphatic heterocycles. The zero-order valence-electron chi connectivity index (χ0n) is 10.8. The average molecular weight is 271 g/mol. The lowest BCUT2D eigenvalue weighted by molar-refractivity contribution is 0.423. The van der Waals surface area contributed by atoms with Crippen molar-refractivity contribution in [2.45, 2.75) is 32.2 Å². The van der Waals surface area contributed by atoms with Crippen molar-refractivity contribution in [1.29, 1.82) is 0 Å². The molecule has 1 unspecified atom stereocenters. The zero-order valence-corrected chi connectivity index (χ0v) is 11.5. The van der Waals surface area contributed by atoms with Crippen molar-refractivity contribution in [3.05, 3.63) is 29.0 Å². The molecule has 18 heavy (non-hydrogen) atoms. The highest BCUT2D eigenvalue weighted by molar-refractivity contribution is 6.33. The van der Waals surface area contributed by atoms with Gasteiger partial charge in [0.2, 0.25) is 0 Å². The van der Waals surface area contributed by atoms with Crippen LogP contribution in [0.3, 0.4) is 0 Å². The third kappa shape index (κ3) is 3.36. The number of hydrogen-bond acceptors (Lipinski definition) is 2. The van der Waals surface area contributed by atoms with Crippen LogP contribution in [0.5, 0.6) is 0 Å². The van der Waals surface area contributed by atoms with Crippen molar-refractivity contribution in [3.8, 4) is 0 Å². The van der Waals surface area contributed by atoms with Gasteiger partial charge in [-0.1, -0.05) is 18.5 Å². The summed E-state index contributed by atoms with van der Waals surface area (Å²) >= 11 is 6.11. The van der Waals surface area contributed by atoms with Crippen molar-refractivity contribution < 1.29 is 4.39 Å². The van der Waals surface area contributed by atoms with Gasteiger partial charge in [-0.3, -0.25) is 0 Å². The molecule has 1 N–H and O–H groups in total. The van der Waals surface area contributed by atoms with Gasteiger partial charge in [-0.25, -0.2) is 4.39 Å². The van der Waals surface area contributed by atoms with Crippen LogP contribution >= 0.6 is 11.6 Å². The summed E-state index contributed by atoms with van der Waals surface area (Å²) in [7, 11) is 0. The first-order chi connectivity index (χ1) is 8.70. The summed E-state index contributed by atoms with van der Waals surface area (Å²) in [5, 5.41) is 4.05. The van der Waals surface area contributed by atoms with E-state index in [1.54, 1.807) is 6.07 Å². The van der Waals surface area contributed by atoms with Gasteiger partial charge in [-0.2, -0.15) is 0 Å². The van der Waals surface area contributed by atoms with E-state index in [9.17, 15) is 4.39 Å². The van der Waals surface area contributed by atoms with E-state index in [0.29, 0.717) is 11.1 Å². The molecule has 1 aliphatic rings. The highest BCUT2D eigenvalue weighted by Gasteiger charge is 2.21. The quantitative estimate of drug-likeness (QED) is 0.902. The average Bonchev–Trinajstić information content (AvgIpc) is 2.36. The minimum absolute atomic E-state index is 0.276. The van der Waals surface area contributed by atoms with E-state index in [4.69, 9.17) is 11.6 Å². The highest BCUT2D eigenvalue weighted by atomic mass is 35.5. The normalized spacial score (nSPS) is 20.2. The first-order valence-electron chi connectivity index (χ1n) is 6.64. The molecule has 0 aromatic heterocycles. The van der Waals surface area contributed by atoms with Crippen LogP contribution in [0.15, 0.2) is 18.2 Å². The lowest BCUT2D eigenvalue weighted by atomic mass is 10.0. The van der Waals surface area contributed by atoms with Gasteiger partial charge in [-0.15, -0.1) is 0 Å². The van der Waals surface area contributed by atoms with Gasteiger partial charge >= 0.3 is 0 Å². The number of rotatable bonds is 4. The van der Waals surface area contributed by atoms with Crippen LogP contribution < -0.4 is 10.2 Å². The lowest BCUT2D eigenvalue weighted by Gasteiger charge is -2.35. The minimum Gasteiger partial charge on any atom is -0.369 e. The van der Waals surface area contributed by atoms with Gasteiger partial charge in [0.15, 0.2) is 0 Å². The molecule has 1 heterocycles. The van der Waals surface area contributed by atoms with Crippen LogP contribution in [-0.4, -0.2) is 25.7 Å². The summed E-state index contributed by atoms with van der Waals surface area (Å²) in [6.07, 6.45) is 3.50. The molecule has 1 fully saturated rings. The predicted molar refractivity (Wildman–Crippen MR) is 74.9 cm³/mol. The van der Waals surface area contributed by atoms with Gasteiger partial charge in [0.25, 0.3) is 0 Å². The van der Waals surface area contributed by atoms with Gasteiger partial charge in [0.1, 0.15) is 5.82 Å². The Morgan fingerprint density at radius 2 is 2.33 bits per heavy atom. The third-order valence-corrected chi connectivity index (χ3v) is 3.66. The van der Waals surface area contributed by atoms with E-state index in [1.807, 2.05) is 0 Å². The summed E-state index contributed by atoms with van der Waals surface area (Å²) in [5.74, 6) is -0.276. The number of hydrogen-bond donors (Lipinski definition) is 1. The molecule has 2 nitrogen and oxygen atoms in total. The number of halogens is 2. The topological polar surface area (TPSA) is 15.3 Å². The molecule has 0 bridgehead atoms. The molecule has 1 saturated heterocycles. The standard InChI is InChI=1S/C14H20ClFN2/c1-2-7-17-12-4-3-8-18(10-12)14-6-5-11(16)9-13(14)15/h5-6,9,12,17H,2-4,7-8,10H2,1H3. The molecule has 2 rings (SSSR count). The summed E-state index contributed by atoms with van der Waals surface area (Å²) in [6.45, 7) is 5.17. The predicted octanol–water partition coefficient (Wildman–Crippen LogP) is 3.45. The number of benzene rings is 1. The number of anilines is 1. The first-order valence-corrected chi connectivity index (χ1v) is 7.02. The van der Waals surface area contributed by atoms with Crippen LogP contribution in [0.1, 0.15) is 26.2 Å². The van der Waals surface area contributed by atoms with E-state index < -0.39 is 0 Å².